The first-order valence-electron chi connectivity index (χ1n) is 6.79. The van der Waals surface area contributed by atoms with E-state index in [1.165, 1.54) is 18.4 Å². The van der Waals surface area contributed by atoms with Crippen molar-refractivity contribution in [1.82, 2.24) is 5.32 Å². The summed E-state index contributed by atoms with van der Waals surface area (Å²) in [5.41, 5.74) is 1.22. The molecule has 0 bridgehead atoms. The maximum absolute atomic E-state index is 6.35. The topological polar surface area (TPSA) is 12.0 Å². The van der Waals surface area contributed by atoms with E-state index in [-0.39, 0.29) is 0 Å². The molecule has 1 rings (SSSR count). The van der Waals surface area contributed by atoms with E-state index in [0.717, 1.165) is 18.1 Å². The summed E-state index contributed by atoms with van der Waals surface area (Å²) in [6.45, 7) is 8.59. The van der Waals surface area contributed by atoms with Gasteiger partial charge < -0.3 is 5.32 Å². The second-order valence-electron chi connectivity index (χ2n) is 4.66. The molecule has 0 fully saturated rings. The van der Waals surface area contributed by atoms with Crippen LogP contribution in [0.15, 0.2) is 18.2 Å². The highest BCUT2D eigenvalue weighted by molar-refractivity contribution is 6.35. The molecule has 0 saturated carbocycles. The third kappa shape index (κ3) is 4.15. The molecular formula is C15H23Cl2N. The van der Waals surface area contributed by atoms with Crippen LogP contribution in [0.2, 0.25) is 10.0 Å². The Morgan fingerprint density at radius 1 is 1.11 bits per heavy atom. The van der Waals surface area contributed by atoms with E-state index in [1.54, 1.807) is 0 Å². The van der Waals surface area contributed by atoms with Crippen LogP contribution in [0, 0.1) is 5.92 Å². The van der Waals surface area contributed by atoms with Gasteiger partial charge in [-0.3, -0.25) is 0 Å². The van der Waals surface area contributed by atoms with Crippen molar-refractivity contribution in [2.24, 2.45) is 5.92 Å². The van der Waals surface area contributed by atoms with Crippen molar-refractivity contribution in [3.63, 3.8) is 0 Å². The maximum Gasteiger partial charge on any atom is 0.0456 e. The van der Waals surface area contributed by atoms with Gasteiger partial charge in [0.15, 0.2) is 0 Å². The first-order chi connectivity index (χ1) is 8.63. The first-order valence-corrected chi connectivity index (χ1v) is 7.55. The first kappa shape index (κ1) is 15.8. The molecule has 1 aromatic carbocycles. The highest BCUT2D eigenvalue weighted by Gasteiger charge is 2.22. The fourth-order valence-corrected chi connectivity index (χ4v) is 3.04. The third-order valence-electron chi connectivity index (χ3n) is 3.59. The summed E-state index contributed by atoms with van der Waals surface area (Å²) >= 11 is 12.3. The van der Waals surface area contributed by atoms with Crippen LogP contribution in [0.3, 0.4) is 0 Å². The molecule has 102 valence electrons. The lowest BCUT2D eigenvalue weighted by atomic mass is 9.82. The van der Waals surface area contributed by atoms with Crippen molar-refractivity contribution in [2.45, 2.75) is 39.5 Å². The zero-order valence-electron chi connectivity index (χ0n) is 11.5. The smallest absolute Gasteiger partial charge is 0.0456 e. The Bertz CT molecular complexity index is 362. The molecule has 0 saturated heterocycles. The monoisotopic (exact) mass is 287 g/mol. The highest BCUT2D eigenvalue weighted by Crippen LogP contribution is 2.34. The van der Waals surface area contributed by atoms with Gasteiger partial charge in [0.1, 0.15) is 0 Å². The fourth-order valence-electron chi connectivity index (χ4n) is 2.49. The summed E-state index contributed by atoms with van der Waals surface area (Å²) in [5, 5.41) is 4.94. The summed E-state index contributed by atoms with van der Waals surface area (Å²) in [4.78, 5) is 0. The number of likely N-dealkylation sites (N-methyl/N-ethyl adjacent to an activating group) is 1. The zero-order chi connectivity index (χ0) is 13.5. The molecule has 0 aliphatic carbocycles. The fraction of sp³-hybridized carbons (Fsp3) is 0.600. The molecule has 0 amide bonds. The quantitative estimate of drug-likeness (QED) is 0.734. The lowest BCUT2D eigenvalue weighted by Gasteiger charge is -2.27. The van der Waals surface area contributed by atoms with Crippen LogP contribution in [-0.2, 0) is 0 Å². The molecule has 18 heavy (non-hydrogen) atoms. The number of nitrogens with one attached hydrogen (secondary N) is 1. The van der Waals surface area contributed by atoms with Gasteiger partial charge in [-0.25, -0.2) is 0 Å². The predicted octanol–water partition coefficient (Wildman–Crippen LogP) is 5.12. The molecule has 0 aliphatic rings. The molecule has 0 radical (unpaired) electrons. The van der Waals surface area contributed by atoms with E-state index in [1.807, 2.05) is 12.1 Å². The molecule has 0 aliphatic heterocycles. The van der Waals surface area contributed by atoms with Gasteiger partial charge in [0.25, 0.3) is 0 Å². The van der Waals surface area contributed by atoms with E-state index >= 15 is 0 Å². The maximum atomic E-state index is 6.35. The van der Waals surface area contributed by atoms with E-state index in [9.17, 15) is 0 Å². The minimum atomic E-state index is 0.463. The Morgan fingerprint density at radius 3 is 2.28 bits per heavy atom. The van der Waals surface area contributed by atoms with Gasteiger partial charge >= 0.3 is 0 Å². The van der Waals surface area contributed by atoms with Crippen molar-refractivity contribution >= 4 is 23.2 Å². The average Bonchev–Trinajstić information content (AvgIpc) is 2.35. The van der Waals surface area contributed by atoms with Gasteiger partial charge in [-0.15, -0.1) is 0 Å². The molecule has 3 heteroatoms. The van der Waals surface area contributed by atoms with Crippen molar-refractivity contribution in [1.29, 1.82) is 0 Å². The van der Waals surface area contributed by atoms with Crippen molar-refractivity contribution in [2.75, 3.05) is 13.1 Å². The van der Waals surface area contributed by atoms with Crippen LogP contribution in [0.25, 0.3) is 0 Å². The number of hydrogen-bond acceptors (Lipinski definition) is 1. The van der Waals surface area contributed by atoms with Crippen LogP contribution in [0.1, 0.15) is 45.1 Å². The van der Waals surface area contributed by atoms with Gasteiger partial charge in [-0.1, -0.05) is 62.9 Å². The van der Waals surface area contributed by atoms with Gasteiger partial charge in [-0.2, -0.15) is 0 Å². The van der Waals surface area contributed by atoms with E-state index in [4.69, 9.17) is 23.2 Å². The SMILES string of the molecule is CCNCC(c1ccc(Cl)cc1Cl)C(CC)CC. The second kappa shape index (κ2) is 8.04. The van der Waals surface area contributed by atoms with Gasteiger partial charge in [0.05, 0.1) is 0 Å². The highest BCUT2D eigenvalue weighted by atomic mass is 35.5. The van der Waals surface area contributed by atoms with Crippen molar-refractivity contribution in [3.05, 3.63) is 33.8 Å². The Balaban J connectivity index is 3.00. The summed E-state index contributed by atoms with van der Waals surface area (Å²) in [5.74, 6) is 1.12. The normalized spacial score (nSPS) is 13.0. The van der Waals surface area contributed by atoms with E-state index in [2.05, 4.69) is 32.2 Å². The molecule has 0 aromatic heterocycles. The Kier molecular flexibility index (Phi) is 7.06. The Hall–Kier alpha value is -0.240. The lowest BCUT2D eigenvalue weighted by molar-refractivity contribution is 0.382. The molecule has 1 nitrogen and oxygen atoms in total. The zero-order valence-corrected chi connectivity index (χ0v) is 13.0. The van der Waals surface area contributed by atoms with Crippen LogP contribution >= 0.6 is 23.2 Å². The van der Waals surface area contributed by atoms with Gasteiger partial charge in [0.2, 0.25) is 0 Å². The number of benzene rings is 1. The number of hydrogen-bond donors (Lipinski definition) is 1. The van der Waals surface area contributed by atoms with E-state index in [0.29, 0.717) is 16.9 Å². The standard InChI is InChI=1S/C15H23Cl2N/c1-4-11(5-2)14(10-18-6-3)13-8-7-12(16)9-15(13)17/h7-9,11,14,18H,4-6,10H2,1-3H3. The van der Waals surface area contributed by atoms with E-state index < -0.39 is 0 Å². The summed E-state index contributed by atoms with van der Waals surface area (Å²) in [6.07, 6.45) is 2.34. The van der Waals surface area contributed by atoms with Crippen LogP contribution in [0.5, 0.6) is 0 Å². The molecule has 1 aromatic rings. The predicted molar refractivity (Wildman–Crippen MR) is 81.8 cm³/mol. The summed E-state index contributed by atoms with van der Waals surface area (Å²) < 4.78 is 0. The molecule has 1 N–H and O–H groups in total. The Labute approximate surface area is 121 Å². The minimum Gasteiger partial charge on any atom is -0.316 e. The molecular weight excluding hydrogens is 265 g/mol. The Morgan fingerprint density at radius 2 is 1.78 bits per heavy atom. The van der Waals surface area contributed by atoms with Gasteiger partial charge in [0, 0.05) is 22.5 Å². The van der Waals surface area contributed by atoms with Gasteiger partial charge in [-0.05, 0) is 30.2 Å². The second-order valence-corrected chi connectivity index (χ2v) is 5.50. The molecule has 0 spiro atoms. The molecule has 0 heterocycles. The van der Waals surface area contributed by atoms with Crippen LogP contribution < -0.4 is 5.32 Å². The number of rotatable bonds is 7. The van der Waals surface area contributed by atoms with Crippen molar-refractivity contribution < 1.29 is 0 Å². The summed E-state index contributed by atoms with van der Waals surface area (Å²) in [6, 6.07) is 5.86. The largest absolute Gasteiger partial charge is 0.316 e. The average molecular weight is 288 g/mol. The van der Waals surface area contributed by atoms with Crippen molar-refractivity contribution in [3.8, 4) is 0 Å². The van der Waals surface area contributed by atoms with Crippen LogP contribution in [0.4, 0.5) is 0 Å². The lowest BCUT2D eigenvalue weighted by Crippen LogP contribution is -2.26. The van der Waals surface area contributed by atoms with Crippen LogP contribution in [-0.4, -0.2) is 13.1 Å². The number of halogens is 2. The molecule has 1 unspecified atom stereocenters. The summed E-state index contributed by atoms with van der Waals surface area (Å²) in [7, 11) is 0. The molecule has 1 atom stereocenters. The minimum absolute atomic E-state index is 0.463. The third-order valence-corrected chi connectivity index (χ3v) is 4.16.